The Morgan fingerprint density at radius 3 is 2.67 bits per heavy atom. The van der Waals surface area contributed by atoms with E-state index in [2.05, 4.69) is 17.9 Å². The number of hydrogen-bond acceptors (Lipinski definition) is 4. The molecule has 1 amide bonds. The smallest absolute Gasteiger partial charge is 0.244 e. The van der Waals surface area contributed by atoms with Gasteiger partial charge in [-0.15, -0.1) is 11.3 Å². The van der Waals surface area contributed by atoms with Crippen LogP contribution in [0.1, 0.15) is 23.8 Å². The molecule has 2 aromatic rings. The second-order valence-electron chi connectivity index (χ2n) is 5.72. The van der Waals surface area contributed by atoms with Gasteiger partial charge in [-0.05, 0) is 49.4 Å². The summed E-state index contributed by atoms with van der Waals surface area (Å²) >= 11 is 7.57. The normalized spacial score (nSPS) is 17.5. The van der Waals surface area contributed by atoms with Crippen LogP contribution < -0.4 is 4.90 Å². The third-order valence-corrected chi connectivity index (χ3v) is 5.54. The molecule has 0 radical (unpaired) electrons. The summed E-state index contributed by atoms with van der Waals surface area (Å²) in [5, 5.41) is 8.89. The second kappa shape index (κ2) is 7.35. The number of thiophene rings is 1. The first-order chi connectivity index (χ1) is 11.6. The van der Waals surface area contributed by atoms with Gasteiger partial charge in [0.25, 0.3) is 0 Å². The molecule has 0 N–H and O–H groups in total. The summed E-state index contributed by atoms with van der Waals surface area (Å²) in [6.07, 6.45) is 0.811. The van der Waals surface area contributed by atoms with E-state index in [9.17, 15) is 4.79 Å². The Morgan fingerprint density at radius 1 is 1.33 bits per heavy atom. The molecular formula is C18H18ClN3OS. The molecule has 24 heavy (non-hydrogen) atoms. The first-order valence-corrected chi connectivity index (χ1v) is 9.11. The van der Waals surface area contributed by atoms with Crippen molar-refractivity contribution in [1.82, 2.24) is 4.90 Å². The van der Waals surface area contributed by atoms with Crippen LogP contribution in [0.5, 0.6) is 0 Å². The van der Waals surface area contributed by atoms with Gasteiger partial charge in [-0.1, -0.05) is 18.5 Å². The molecule has 1 fully saturated rings. The molecule has 1 saturated heterocycles. The minimum atomic E-state index is -0.105. The Balaban J connectivity index is 1.72. The van der Waals surface area contributed by atoms with Gasteiger partial charge < -0.3 is 4.90 Å². The van der Waals surface area contributed by atoms with E-state index < -0.39 is 0 Å². The average Bonchev–Trinajstić information content (AvgIpc) is 3.18. The fraction of sp³-hybridized carbons (Fsp3) is 0.333. The summed E-state index contributed by atoms with van der Waals surface area (Å²) in [6, 6.07) is 13.1. The van der Waals surface area contributed by atoms with E-state index in [0.717, 1.165) is 29.5 Å². The number of benzene rings is 1. The first-order valence-electron chi connectivity index (χ1n) is 7.92. The number of nitrogens with zero attached hydrogens (tertiary/aromatic N) is 3. The number of rotatable bonds is 5. The fourth-order valence-electron chi connectivity index (χ4n) is 3.06. The third-order valence-electron chi connectivity index (χ3n) is 4.32. The van der Waals surface area contributed by atoms with Crippen LogP contribution >= 0.6 is 22.9 Å². The molecule has 0 aliphatic carbocycles. The molecular weight excluding hydrogens is 342 g/mol. The van der Waals surface area contributed by atoms with Gasteiger partial charge in [-0.25, -0.2) is 0 Å². The highest BCUT2D eigenvalue weighted by molar-refractivity contribution is 7.16. The van der Waals surface area contributed by atoms with Crippen LogP contribution in [0.25, 0.3) is 0 Å². The lowest BCUT2D eigenvalue weighted by Crippen LogP contribution is -2.41. The number of amides is 1. The lowest BCUT2D eigenvalue weighted by Gasteiger charge is -2.26. The van der Waals surface area contributed by atoms with Crippen LogP contribution in [0.4, 0.5) is 5.69 Å². The zero-order valence-electron chi connectivity index (χ0n) is 13.4. The number of carbonyl (C=O) groups excluding carboxylic acids is 1. The van der Waals surface area contributed by atoms with E-state index in [-0.39, 0.29) is 11.9 Å². The lowest BCUT2D eigenvalue weighted by molar-refractivity contribution is -0.121. The molecule has 4 nitrogen and oxygen atoms in total. The zero-order chi connectivity index (χ0) is 17.1. The molecule has 0 bridgehead atoms. The number of carbonyl (C=O) groups is 1. The Labute approximate surface area is 150 Å². The Kier molecular flexibility index (Phi) is 5.20. The van der Waals surface area contributed by atoms with E-state index >= 15 is 0 Å². The third kappa shape index (κ3) is 3.46. The standard InChI is InChI=1S/C18H18ClN3OS/c1-2-21(12-15-7-8-17(19)24-15)16-9-10-22(18(16)23)14-5-3-13(11-20)4-6-14/h3-8,16H,2,9-10,12H2,1H3. The quantitative estimate of drug-likeness (QED) is 0.813. The maximum absolute atomic E-state index is 12.9. The molecule has 0 saturated carbocycles. The molecule has 6 heteroatoms. The number of nitriles is 1. The number of hydrogen-bond donors (Lipinski definition) is 0. The van der Waals surface area contributed by atoms with Crippen LogP contribution in [0, 0.1) is 11.3 Å². The van der Waals surface area contributed by atoms with Crippen LogP contribution in [0.2, 0.25) is 4.34 Å². The van der Waals surface area contributed by atoms with Gasteiger partial charge in [0.05, 0.1) is 22.0 Å². The van der Waals surface area contributed by atoms with Crippen molar-refractivity contribution < 1.29 is 4.79 Å². The molecule has 1 aliphatic heterocycles. The second-order valence-corrected chi connectivity index (χ2v) is 7.52. The van der Waals surface area contributed by atoms with Crippen LogP contribution in [-0.2, 0) is 11.3 Å². The summed E-state index contributed by atoms with van der Waals surface area (Å²) in [5.41, 5.74) is 1.46. The van der Waals surface area contributed by atoms with Crippen molar-refractivity contribution in [3.63, 3.8) is 0 Å². The maximum Gasteiger partial charge on any atom is 0.244 e. The predicted molar refractivity (Wildman–Crippen MR) is 97.3 cm³/mol. The van der Waals surface area contributed by atoms with Crippen molar-refractivity contribution >= 4 is 34.5 Å². The minimum Gasteiger partial charge on any atom is -0.311 e. The van der Waals surface area contributed by atoms with Gasteiger partial charge >= 0.3 is 0 Å². The van der Waals surface area contributed by atoms with E-state index in [0.29, 0.717) is 12.1 Å². The van der Waals surface area contributed by atoms with Gasteiger partial charge in [-0.3, -0.25) is 9.69 Å². The average molecular weight is 360 g/mol. The summed E-state index contributed by atoms with van der Waals surface area (Å²) in [4.78, 5) is 18.0. The summed E-state index contributed by atoms with van der Waals surface area (Å²) in [7, 11) is 0. The molecule has 124 valence electrons. The maximum atomic E-state index is 12.9. The number of anilines is 1. The van der Waals surface area contributed by atoms with E-state index in [1.807, 2.05) is 29.2 Å². The van der Waals surface area contributed by atoms with Crippen molar-refractivity contribution in [2.75, 3.05) is 18.0 Å². The molecule has 0 spiro atoms. The van der Waals surface area contributed by atoms with Crippen LogP contribution in [0.3, 0.4) is 0 Å². The molecule has 1 unspecified atom stereocenters. The van der Waals surface area contributed by atoms with Crippen molar-refractivity contribution in [3.05, 3.63) is 51.2 Å². The van der Waals surface area contributed by atoms with Crippen LogP contribution in [-0.4, -0.2) is 29.9 Å². The molecule has 1 aliphatic rings. The SMILES string of the molecule is CCN(Cc1ccc(Cl)s1)C1CCN(c2ccc(C#N)cc2)C1=O. The summed E-state index contributed by atoms with van der Waals surface area (Å²) < 4.78 is 0.776. The molecule has 3 rings (SSSR count). The van der Waals surface area contributed by atoms with Gasteiger partial charge in [0.1, 0.15) is 0 Å². The fourth-order valence-corrected chi connectivity index (χ4v) is 4.17. The van der Waals surface area contributed by atoms with Gasteiger partial charge in [0.2, 0.25) is 5.91 Å². The van der Waals surface area contributed by atoms with Crippen molar-refractivity contribution in [3.8, 4) is 6.07 Å². The monoisotopic (exact) mass is 359 g/mol. The number of halogens is 1. The minimum absolute atomic E-state index is 0.105. The molecule has 1 aromatic heterocycles. The van der Waals surface area contributed by atoms with E-state index in [4.69, 9.17) is 16.9 Å². The van der Waals surface area contributed by atoms with Gasteiger partial charge in [0.15, 0.2) is 0 Å². The molecule has 1 aromatic carbocycles. The highest BCUT2D eigenvalue weighted by atomic mass is 35.5. The topological polar surface area (TPSA) is 47.3 Å². The number of likely N-dealkylation sites (N-methyl/N-ethyl adjacent to an activating group) is 1. The van der Waals surface area contributed by atoms with E-state index in [1.54, 1.807) is 23.5 Å². The predicted octanol–water partition coefficient (Wildman–Crippen LogP) is 3.90. The largest absolute Gasteiger partial charge is 0.311 e. The molecule has 2 heterocycles. The van der Waals surface area contributed by atoms with E-state index in [1.165, 1.54) is 4.88 Å². The zero-order valence-corrected chi connectivity index (χ0v) is 15.0. The van der Waals surface area contributed by atoms with Crippen molar-refractivity contribution in [2.24, 2.45) is 0 Å². The van der Waals surface area contributed by atoms with Crippen molar-refractivity contribution in [1.29, 1.82) is 5.26 Å². The summed E-state index contributed by atoms with van der Waals surface area (Å²) in [6.45, 7) is 4.34. The van der Waals surface area contributed by atoms with Crippen molar-refractivity contribution in [2.45, 2.75) is 25.9 Å². The Hall–Kier alpha value is -1.87. The highest BCUT2D eigenvalue weighted by Gasteiger charge is 2.36. The van der Waals surface area contributed by atoms with Gasteiger partial charge in [-0.2, -0.15) is 5.26 Å². The molecule has 1 atom stereocenters. The van der Waals surface area contributed by atoms with Gasteiger partial charge in [0, 0.05) is 23.7 Å². The first kappa shape index (κ1) is 17.0. The highest BCUT2D eigenvalue weighted by Crippen LogP contribution is 2.28. The lowest BCUT2D eigenvalue weighted by atomic mass is 10.2. The Morgan fingerprint density at radius 2 is 2.08 bits per heavy atom. The summed E-state index contributed by atoms with van der Waals surface area (Å²) in [5.74, 6) is 0.129. The van der Waals surface area contributed by atoms with Crippen LogP contribution in [0.15, 0.2) is 36.4 Å². The Bertz CT molecular complexity index is 765.